The molecule has 0 saturated carbocycles. The quantitative estimate of drug-likeness (QED) is 0.944. The summed E-state index contributed by atoms with van der Waals surface area (Å²) in [6.07, 6.45) is 1.67. The lowest BCUT2D eigenvalue weighted by atomic mass is 10.2. The highest BCUT2D eigenvalue weighted by atomic mass is 35.5. The Morgan fingerprint density at radius 1 is 1.37 bits per heavy atom. The van der Waals surface area contributed by atoms with Crippen LogP contribution in [0.25, 0.3) is 0 Å². The third kappa shape index (κ3) is 3.39. The minimum atomic E-state index is -0.369. The molecule has 2 aromatic heterocycles. The van der Waals surface area contributed by atoms with Crippen molar-refractivity contribution >= 4 is 29.1 Å². The standard InChI is InChI=1S/C12H10Cl2N4O/c1-7-3-2-4-15-9(7)6-16-12(19)8-5-10(13)17-18-11(8)14/h2-5H,6H2,1H3,(H,16,19). The maximum atomic E-state index is 12.0. The molecule has 0 bridgehead atoms. The van der Waals surface area contributed by atoms with Gasteiger partial charge in [0.15, 0.2) is 10.3 Å². The topological polar surface area (TPSA) is 67.8 Å². The van der Waals surface area contributed by atoms with E-state index in [1.165, 1.54) is 6.07 Å². The molecule has 98 valence electrons. The summed E-state index contributed by atoms with van der Waals surface area (Å²) in [5, 5.41) is 9.96. The number of nitrogens with one attached hydrogen (secondary N) is 1. The van der Waals surface area contributed by atoms with Crippen LogP contribution in [0.4, 0.5) is 0 Å². The molecule has 0 aromatic carbocycles. The van der Waals surface area contributed by atoms with Crippen molar-refractivity contribution in [1.29, 1.82) is 0 Å². The van der Waals surface area contributed by atoms with Crippen molar-refractivity contribution in [3.05, 3.63) is 51.5 Å². The van der Waals surface area contributed by atoms with Gasteiger partial charge in [-0.15, -0.1) is 10.2 Å². The number of amides is 1. The lowest BCUT2D eigenvalue weighted by molar-refractivity contribution is 0.0950. The van der Waals surface area contributed by atoms with Crippen molar-refractivity contribution in [2.24, 2.45) is 0 Å². The first-order valence-electron chi connectivity index (χ1n) is 5.45. The molecule has 1 amide bonds. The Bertz CT molecular complexity index is 618. The van der Waals surface area contributed by atoms with E-state index < -0.39 is 0 Å². The summed E-state index contributed by atoms with van der Waals surface area (Å²) in [5.74, 6) is -0.369. The second-order valence-corrected chi connectivity index (χ2v) is 4.57. The second-order valence-electron chi connectivity index (χ2n) is 3.82. The molecule has 0 aliphatic heterocycles. The SMILES string of the molecule is Cc1cccnc1CNC(=O)c1cc(Cl)nnc1Cl. The molecule has 7 heteroatoms. The highest BCUT2D eigenvalue weighted by Crippen LogP contribution is 2.15. The highest BCUT2D eigenvalue weighted by Gasteiger charge is 2.13. The Balaban J connectivity index is 2.10. The summed E-state index contributed by atoms with van der Waals surface area (Å²) in [7, 11) is 0. The third-order valence-corrected chi connectivity index (χ3v) is 2.96. The van der Waals surface area contributed by atoms with Crippen LogP contribution >= 0.6 is 23.2 Å². The van der Waals surface area contributed by atoms with Crippen molar-refractivity contribution in [1.82, 2.24) is 20.5 Å². The Morgan fingerprint density at radius 2 is 2.16 bits per heavy atom. The van der Waals surface area contributed by atoms with Crippen LogP contribution in [0.5, 0.6) is 0 Å². The monoisotopic (exact) mass is 296 g/mol. The van der Waals surface area contributed by atoms with Gasteiger partial charge >= 0.3 is 0 Å². The van der Waals surface area contributed by atoms with Crippen molar-refractivity contribution in [3.8, 4) is 0 Å². The van der Waals surface area contributed by atoms with Crippen molar-refractivity contribution in [2.75, 3.05) is 0 Å². The molecule has 0 aliphatic rings. The van der Waals surface area contributed by atoms with Crippen LogP contribution in [-0.2, 0) is 6.54 Å². The summed E-state index contributed by atoms with van der Waals surface area (Å²) in [5.41, 5.74) is 1.98. The fourth-order valence-electron chi connectivity index (χ4n) is 1.47. The lowest BCUT2D eigenvalue weighted by Crippen LogP contribution is -2.24. The van der Waals surface area contributed by atoms with E-state index in [1.807, 2.05) is 19.1 Å². The average molecular weight is 297 g/mol. The molecule has 0 unspecified atom stereocenters. The largest absolute Gasteiger partial charge is 0.346 e. The first-order chi connectivity index (χ1) is 9.08. The number of carbonyl (C=O) groups is 1. The molecule has 0 saturated heterocycles. The summed E-state index contributed by atoms with van der Waals surface area (Å²) >= 11 is 11.5. The Morgan fingerprint density at radius 3 is 2.89 bits per heavy atom. The molecule has 0 atom stereocenters. The van der Waals surface area contributed by atoms with Crippen LogP contribution in [0.3, 0.4) is 0 Å². The van der Waals surface area contributed by atoms with Crippen molar-refractivity contribution in [3.63, 3.8) is 0 Å². The van der Waals surface area contributed by atoms with E-state index in [1.54, 1.807) is 6.20 Å². The van der Waals surface area contributed by atoms with Crippen LogP contribution in [0.2, 0.25) is 10.3 Å². The highest BCUT2D eigenvalue weighted by molar-refractivity contribution is 6.34. The van der Waals surface area contributed by atoms with Gasteiger partial charge in [0, 0.05) is 6.20 Å². The molecule has 2 aromatic rings. The van der Waals surface area contributed by atoms with Gasteiger partial charge in [-0.25, -0.2) is 0 Å². The number of aryl methyl sites for hydroxylation is 1. The summed E-state index contributed by atoms with van der Waals surface area (Å²) in [6.45, 7) is 2.23. The zero-order valence-corrected chi connectivity index (χ0v) is 11.5. The zero-order valence-electron chi connectivity index (χ0n) is 10.0. The third-order valence-electron chi connectivity index (χ3n) is 2.50. The molecule has 0 radical (unpaired) electrons. The van der Waals surface area contributed by atoms with Gasteiger partial charge in [0.1, 0.15) is 0 Å². The molecule has 0 aliphatic carbocycles. The van der Waals surface area contributed by atoms with Gasteiger partial charge in [0.25, 0.3) is 5.91 Å². The Hall–Kier alpha value is -1.72. The Labute approximate surface area is 120 Å². The van der Waals surface area contributed by atoms with Gasteiger partial charge in [0.05, 0.1) is 17.8 Å². The summed E-state index contributed by atoms with van der Waals surface area (Å²) in [4.78, 5) is 16.1. The normalized spacial score (nSPS) is 10.3. The maximum absolute atomic E-state index is 12.0. The molecule has 2 heterocycles. The number of hydrogen-bond acceptors (Lipinski definition) is 4. The van der Waals surface area contributed by atoms with Crippen molar-refractivity contribution in [2.45, 2.75) is 13.5 Å². The van der Waals surface area contributed by atoms with Crippen LogP contribution in [0.1, 0.15) is 21.6 Å². The van der Waals surface area contributed by atoms with Gasteiger partial charge in [-0.2, -0.15) is 0 Å². The number of rotatable bonds is 3. The molecular weight excluding hydrogens is 287 g/mol. The lowest BCUT2D eigenvalue weighted by Gasteiger charge is -2.07. The van der Waals surface area contributed by atoms with Crippen LogP contribution < -0.4 is 5.32 Å². The number of carbonyl (C=O) groups excluding carboxylic acids is 1. The van der Waals surface area contributed by atoms with Crippen LogP contribution in [-0.4, -0.2) is 21.1 Å². The predicted octanol–water partition coefficient (Wildman–Crippen LogP) is 2.42. The van der Waals surface area contributed by atoms with E-state index >= 15 is 0 Å². The number of nitrogens with zero attached hydrogens (tertiary/aromatic N) is 3. The summed E-state index contributed by atoms with van der Waals surface area (Å²) < 4.78 is 0. The number of halogens is 2. The van der Waals surface area contributed by atoms with E-state index in [4.69, 9.17) is 23.2 Å². The van der Waals surface area contributed by atoms with E-state index in [2.05, 4.69) is 20.5 Å². The first kappa shape index (κ1) is 13.7. The predicted molar refractivity (Wildman–Crippen MR) is 72.2 cm³/mol. The minimum absolute atomic E-state index is 0.0136. The van der Waals surface area contributed by atoms with E-state index in [9.17, 15) is 4.79 Å². The smallest absolute Gasteiger partial charge is 0.254 e. The molecule has 2 rings (SSSR count). The molecule has 19 heavy (non-hydrogen) atoms. The average Bonchev–Trinajstić information content (AvgIpc) is 2.40. The first-order valence-corrected chi connectivity index (χ1v) is 6.21. The van der Waals surface area contributed by atoms with E-state index in [0.29, 0.717) is 6.54 Å². The fraction of sp³-hybridized carbons (Fsp3) is 0.167. The molecule has 5 nitrogen and oxygen atoms in total. The minimum Gasteiger partial charge on any atom is -0.346 e. The second kappa shape index (κ2) is 5.95. The molecule has 1 N–H and O–H groups in total. The van der Waals surface area contributed by atoms with E-state index in [-0.39, 0.29) is 21.8 Å². The van der Waals surface area contributed by atoms with Gasteiger partial charge < -0.3 is 5.32 Å². The van der Waals surface area contributed by atoms with Gasteiger partial charge in [0.2, 0.25) is 0 Å². The van der Waals surface area contributed by atoms with Crippen LogP contribution in [0, 0.1) is 6.92 Å². The van der Waals surface area contributed by atoms with Crippen LogP contribution in [0.15, 0.2) is 24.4 Å². The molecule has 0 fully saturated rings. The van der Waals surface area contributed by atoms with Crippen molar-refractivity contribution < 1.29 is 4.79 Å². The summed E-state index contributed by atoms with van der Waals surface area (Å²) in [6, 6.07) is 5.13. The number of hydrogen-bond donors (Lipinski definition) is 1. The number of aromatic nitrogens is 3. The van der Waals surface area contributed by atoms with Gasteiger partial charge in [-0.1, -0.05) is 29.3 Å². The van der Waals surface area contributed by atoms with Gasteiger partial charge in [-0.3, -0.25) is 9.78 Å². The molecular formula is C12H10Cl2N4O. The zero-order chi connectivity index (χ0) is 13.8. The Kier molecular flexibility index (Phi) is 4.29. The van der Waals surface area contributed by atoms with E-state index in [0.717, 1.165) is 11.3 Å². The maximum Gasteiger partial charge on any atom is 0.254 e. The fourth-order valence-corrected chi connectivity index (χ4v) is 1.80. The van der Waals surface area contributed by atoms with Gasteiger partial charge in [-0.05, 0) is 24.6 Å². The molecule has 0 spiro atoms. The number of pyridine rings is 1.